The zero-order chi connectivity index (χ0) is 24.6. The number of carbonyl (C=O) groups excluding carboxylic acids is 1. The summed E-state index contributed by atoms with van der Waals surface area (Å²) in [5.41, 5.74) is 0.881. The number of rotatable bonds is 9. The van der Waals surface area contributed by atoms with Crippen LogP contribution < -0.4 is 5.32 Å². The molecule has 0 saturated heterocycles. The van der Waals surface area contributed by atoms with Crippen LogP contribution in [-0.4, -0.2) is 25.9 Å². The molecule has 3 aliphatic carbocycles. The van der Waals surface area contributed by atoms with E-state index in [1.54, 1.807) is 0 Å². The molecule has 0 aromatic heterocycles. The van der Waals surface area contributed by atoms with Gasteiger partial charge in [0, 0.05) is 5.70 Å². The van der Waals surface area contributed by atoms with E-state index in [0.29, 0.717) is 0 Å². The van der Waals surface area contributed by atoms with Gasteiger partial charge in [0.1, 0.15) is 13.9 Å². The third kappa shape index (κ3) is 12.8. The largest absolute Gasteiger partial charge is 0.368 e. The molecule has 1 amide bonds. The Balaban J connectivity index is 1.29. The first kappa shape index (κ1) is 28.8. The van der Waals surface area contributed by atoms with Crippen molar-refractivity contribution in [3.8, 4) is 0 Å². The number of carbonyl (C=O) groups is 1. The van der Waals surface area contributed by atoms with Crippen molar-refractivity contribution in [2.24, 2.45) is 5.92 Å². The highest BCUT2D eigenvalue weighted by Gasteiger charge is 2.21. The predicted octanol–water partition coefficient (Wildman–Crippen LogP) is 8.91. The van der Waals surface area contributed by atoms with E-state index < -0.39 is 0 Å². The van der Waals surface area contributed by atoms with E-state index in [0.717, 1.165) is 42.5 Å². The van der Waals surface area contributed by atoms with Crippen LogP contribution in [0.5, 0.6) is 0 Å². The lowest BCUT2D eigenvalue weighted by Crippen LogP contribution is -2.29. The van der Waals surface area contributed by atoms with E-state index in [4.69, 9.17) is 4.74 Å². The van der Waals surface area contributed by atoms with Gasteiger partial charge in [0.2, 0.25) is 5.91 Å². The molecule has 0 aliphatic heterocycles. The average molecular weight is 485 g/mol. The number of nitrogens with one attached hydrogen (secondary N) is 1. The lowest BCUT2D eigenvalue weighted by Gasteiger charge is -2.24. The smallest absolute Gasteiger partial charge is 0.250 e. The summed E-state index contributed by atoms with van der Waals surface area (Å²) in [4.78, 5) is 12.4. The molecule has 3 saturated carbocycles. The van der Waals surface area contributed by atoms with E-state index in [9.17, 15) is 4.79 Å². The molecular weight excluding hydrogens is 429 g/mol. The highest BCUT2D eigenvalue weighted by Crippen LogP contribution is 2.35. The highest BCUT2D eigenvalue weighted by molar-refractivity contribution is 6.39. The van der Waals surface area contributed by atoms with Gasteiger partial charge in [0.05, 0.1) is 6.10 Å². The van der Waals surface area contributed by atoms with Crippen LogP contribution in [0.15, 0.2) is 12.3 Å². The highest BCUT2D eigenvalue weighted by atomic mass is 16.5. The minimum atomic E-state index is -0.0147. The number of amides is 1. The second-order valence-electron chi connectivity index (χ2n) is 12.1. The molecule has 4 heteroatoms. The Morgan fingerprint density at radius 3 is 1.83 bits per heavy atom. The number of hydrogen-bond donors (Lipinski definition) is 1. The molecule has 0 spiro atoms. The average Bonchev–Trinajstić information content (AvgIpc) is 2.91. The van der Waals surface area contributed by atoms with Crippen LogP contribution in [0.3, 0.4) is 0 Å². The van der Waals surface area contributed by atoms with Crippen molar-refractivity contribution in [1.29, 1.82) is 0 Å². The normalized spacial score (nSPS) is 26.6. The quantitative estimate of drug-likeness (QED) is 0.332. The fraction of sp³-hybridized carbons (Fsp3) is 0.903. The van der Waals surface area contributed by atoms with Crippen LogP contribution in [0.2, 0.25) is 11.6 Å². The van der Waals surface area contributed by atoms with Crippen LogP contribution in [-0.2, 0) is 9.53 Å². The van der Waals surface area contributed by atoms with E-state index in [1.165, 1.54) is 128 Å². The molecule has 1 radical (unpaired) electrons. The molecule has 3 rings (SSSR count). The van der Waals surface area contributed by atoms with Gasteiger partial charge in [0.15, 0.2) is 0 Å². The summed E-state index contributed by atoms with van der Waals surface area (Å²) in [6.07, 6.45) is 30.8. The molecular formula is C31H55BNO2. The Morgan fingerprint density at radius 1 is 0.686 bits per heavy atom. The summed E-state index contributed by atoms with van der Waals surface area (Å²) >= 11 is 0. The van der Waals surface area contributed by atoms with Crippen LogP contribution in [0.4, 0.5) is 0 Å². The monoisotopic (exact) mass is 484 g/mol. The molecule has 3 fully saturated rings. The van der Waals surface area contributed by atoms with Gasteiger partial charge in [-0.2, -0.15) is 0 Å². The zero-order valence-corrected chi connectivity index (χ0v) is 22.9. The summed E-state index contributed by atoms with van der Waals surface area (Å²) in [6, 6.07) is 0. The van der Waals surface area contributed by atoms with Crippen LogP contribution >= 0.6 is 0 Å². The first-order valence-corrected chi connectivity index (χ1v) is 15.6. The van der Waals surface area contributed by atoms with Crippen molar-refractivity contribution in [3.63, 3.8) is 0 Å². The number of ether oxygens (including phenoxy) is 1. The molecule has 0 bridgehead atoms. The lowest BCUT2D eigenvalue weighted by molar-refractivity contribution is -0.127. The maximum absolute atomic E-state index is 12.4. The van der Waals surface area contributed by atoms with Crippen molar-refractivity contribution in [2.75, 3.05) is 6.61 Å². The second kappa shape index (κ2) is 17.6. The Labute approximate surface area is 218 Å². The molecule has 2 unspecified atom stereocenters. The first-order valence-electron chi connectivity index (χ1n) is 15.6. The zero-order valence-electron chi connectivity index (χ0n) is 22.9. The summed E-state index contributed by atoms with van der Waals surface area (Å²) in [7, 11) is 2.79. The van der Waals surface area contributed by atoms with Crippen molar-refractivity contribution in [2.45, 2.75) is 165 Å². The summed E-state index contributed by atoms with van der Waals surface area (Å²) in [5, 5.41) is 3.03. The third-order valence-corrected chi connectivity index (χ3v) is 8.99. The molecule has 35 heavy (non-hydrogen) atoms. The van der Waals surface area contributed by atoms with Crippen molar-refractivity contribution in [3.05, 3.63) is 12.3 Å². The molecule has 0 heterocycles. The standard InChI is InChI=1S/C31H55BNO2/c1-26(33-31(34)25-35-30-21-10-6-3-7-11-22-30)23-24-27-15-12-13-19-29(20-14-16-27)32-28-17-8-4-2-5-9-18-28/h27-30H,1-25H2,(H,33,34). The van der Waals surface area contributed by atoms with Crippen LogP contribution in [0.25, 0.3) is 0 Å². The second-order valence-corrected chi connectivity index (χ2v) is 12.1. The minimum Gasteiger partial charge on any atom is -0.368 e. The first-order chi connectivity index (χ1) is 17.2. The van der Waals surface area contributed by atoms with Crippen molar-refractivity contribution < 1.29 is 9.53 Å². The third-order valence-electron chi connectivity index (χ3n) is 8.99. The van der Waals surface area contributed by atoms with E-state index >= 15 is 0 Å². The SMILES string of the molecule is C=C(CCC1CCCCC([B]C2CCCCCCC2)CCC1)NC(=O)COC1CCCCCCC1. The van der Waals surface area contributed by atoms with E-state index in [1.807, 2.05) is 0 Å². The van der Waals surface area contributed by atoms with Gasteiger partial charge in [-0.3, -0.25) is 4.79 Å². The molecule has 1 N–H and O–H groups in total. The molecule has 3 nitrogen and oxygen atoms in total. The van der Waals surface area contributed by atoms with Gasteiger partial charge in [0.25, 0.3) is 0 Å². The van der Waals surface area contributed by atoms with Gasteiger partial charge >= 0.3 is 0 Å². The number of hydrogen-bond acceptors (Lipinski definition) is 2. The van der Waals surface area contributed by atoms with Gasteiger partial charge in [-0.15, -0.1) is 0 Å². The maximum Gasteiger partial charge on any atom is 0.250 e. The molecule has 199 valence electrons. The summed E-state index contributed by atoms with van der Waals surface area (Å²) in [6.45, 7) is 4.35. The topological polar surface area (TPSA) is 38.3 Å². The van der Waals surface area contributed by atoms with Gasteiger partial charge in [-0.25, -0.2) is 0 Å². The maximum atomic E-state index is 12.4. The fourth-order valence-electron chi connectivity index (χ4n) is 6.80. The Kier molecular flexibility index (Phi) is 14.5. The summed E-state index contributed by atoms with van der Waals surface area (Å²) < 4.78 is 5.94. The van der Waals surface area contributed by atoms with Crippen LogP contribution in [0, 0.1) is 5.92 Å². The van der Waals surface area contributed by atoms with Gasteiger partial charge < -0.3 is 10.1 Å². The molecule has 0 aromatic carbocycles. The Hall–Kier alpha value is -0.765. The van der Waals surface area contributed by atoms with Crippen molar-refractivity contribution >= 4 is 13.2 Å². The molecule has 0 aromatic rings. The minimum absolute atomic E-state index is 0.0147. The van der Waals surface area contributed by atoms with Crippen molar-refractivity contribution in [1.82, 2.24) is 5.32 Å². The molecule has 2 atom stereocenters. The number of allylic oxidation sites excluding steroid dienone is 1. The van der Waals surface area contributed by atoms with E-state index in [-0.39, 0.29) is 18.6 Å². The molecule has 3 aliphatic rings. The predicted molar refractivity (Wildman–Crippen MR) is 150 cm³/mol. The van der Waals surface area contributed by atoms with Crippen LogP contribution in [0.1, 0.15) is 148 Å². The van der Waals surface area contributed by atoms with E-state index in [2.05, 4.69) is 19.2 Å². The summed E-state index contributed by atoms with van der Waals surface area (Å²) in [5.74, 6) is 2.51. The van der Waals surface area contributed by atoms with Gasteiger partial charge in [-0.1, -0.05) is 140 Å². The fourth-order valence-corrected chi connectivity index (χ4v) is 6.80. The van der Waals surface area contributed by atoms with Gasteiger partial charge in [-0.05, 0) is 31.6 Å². The lowest BCUT2D eigenvalue weighted by atomic mass is 9.50. The Morgan fingerprint density at radius 2 is 1.17 bits per heavy atom. The Bertz CT molecular complexity index is 579.